The minimum Gasteiger partial charge on any atom is -0.462 e. The van der Waals surface area contributed by atoms with Crippen molar-refractivity contribution < 1.29 is 9.53 Å². The van der Waals surface area contributed by atoms with Crippen LogP contribution >= 0.6 is 23.4 Å². The van der Waals surface area contributed by atoms with Gasteiger partial charge in [0.25, 0.3) is 5.56 Å². The summed E-state index contributed by atoms with van der Waals surface area (Å²) in [5.41, 5.74) is 0.734. The lowest BCUT2D eigenvalue weighted by Gasteiger charge is -2.15. The molecule has 0 unspecified atom stereocenters. The van der Waals surface area contributed by atoms with E-state index in [1.807, 2.05) is 13.0 Å². The van der Waals surface area contributed by atoms with E-state index in [9.17, 15) is 9.59 Å². The topological polar surface area (TPSA) is 61.2 Å². The molecule has 0 aliphatic carbocycles. The second-order valence-electron chi connectivity index (χ2n) is 4.42. The van der Waals surface area contributed by atoms with Crippen molar-refractivity contribution in [1.29, 1.82) is 0 Å². The summed E-state index contributed by atoms with van der Waals surface area (Å²) in [6.45, 7) is 3.71. The van der Waals surface area contributed by atoms with E-state index in [-0.39, 0.29) is 12.2 Å². The molecule has 5 nitrogen and oxygen atoms in total. The highest BCUT2D eigenvalue weighted by Gasteiger charge is 2.20. The van der Waals surface area contributed by atoms with E-state index in [1.165, 1.54) is 22.5 Å². The number of halogens is 1. The van der Waals surface area contributed by atoms with Crippen molar-refractivity contribution in [2.24, 2.45) is 0 Å². The highest BCUT2D eigenvalue weighted by molar-refractivity contribution is 7.98. The second kappa shape index (κ2) is 6.98. The molecule has 0 saturated heterocycles. The number of nitrogens with zero attached hydrogens (tertiary/aromatic N) is 2. The van der Waals surface area contributed by atoms with Crippen LogP contribution in [0.25, 0.3) is 5.69 Å². The highest BCUT2D eigenvalue weighted by Crippen LogP contribution is 2.26. The number of benzene rings is 1. The third-order valence-corrected chi connectivity index (χ3v) is 3.98. The van der Waals surface area contributed by atoms with Gasteiger partial charge in [-0.25, -0.2) is 9.78 Å². The fraction of sp³-hybridized carbons (Fsp3) is 0.267. The first-order chi connectivity index (χ1) is 10.5. The van der Waals surface area contributed by atoms with E-state index in [0.717, 1.165) is 5.56 Å². The van der Waals surface area contributed by atoms with Crippen LogP contribution in [0.3, 0.4) is 0 Å². The van der Waals surface area contributed by atoms with Crippen LogP contribution in [0, 0.1) is 6.92 Å². The van der Waals surface area contributed by atoms with Crippen molar-refractivity contribution in [3.63, 3.8) is 0 Å². The number of para-hydroxylation sites is 1. The molecule has 0 bridgehead atoms. The maximum absolute atomic E-state index is 12.7. The minimum absolute atomic E-state index is 0.112. The Hall–Kier alpha value is -1.79. The van der Waals surface area contributed by atoms with Crippen LogP contribution < -0.4 is 5.56 Å². The Kier molecular flexibility index (Phi) is 5.26. The van der Waals surface area contributed by atoms with Crippen LogP contribution in [0.2, 0.25) is 5.02 Å². The van der Waals surface area contributed by atoms with Crippen LogP contribution in [0.4, 0.5) is 0 Å². The predicted molar refractivity (Wildman–Crippen MR) is 87.3 cm³/mol. The normalized spacial score (nSPS) is 10.5. The molecule has 0 saturated carbocycles. The Morgan fingerprint density at radius 1 is 1.45 bits per heavy atom. The molecule has 22 heavy (non-hydrogen) atoms. The van der Waals surface area contributed by atoms with Crippen LogP contribution in [0.15, 0.2) is 34.3 Å². The molecule has 0 aliphatic rings. The lowest BCUT2D eigenvalue weighted by Crippen LogP contribution is -2.29. The van der Waals surface area contributed by atoms with Crippen LogP contribution in [-0.2, 0) is 4.74 Å². The Morgan fingerprint density at radius 2 is 2.18 bits per heavy atom. The van der Waals surface area contributed by atoms with Crippen molar-refractivity contribution in [1.82, 2.24) is 9.55 Å². The molecule has 0 spiro atoms. The van der Waals surface area contributed by atoms with Crippen LogP contribution in [-0.4, -0.2) is 28.4 Å². The third kappa shape index (κ3) is 3.03. The summed E-state index contributed by atoms with van der Waals surface area (Å²) in [5, 5.41) is 0.870. The fourth-order valence-electron chi connectivity index (χ4n) is 2.04. The molecule has 0 radical (unpaired) electrons. The number of rotatable bonds is 4. The standard InChI is InChI=1S/C15H15ClN2O3S/c1-4-21-14(20)10-8-17-15(22-3)18(13(10)19)12-9(2)6-5-7-11(12)16/h5-8H,4H2,1-3H3. The number of hydrogen-bond acceptors (Lipinski definition) is 5. The van der Waals surface area contributed by atoms with Crippen molar-refractivity contribution in [3.8, 4) is 5.69 Å². The summed E-state index contributed by atoms with van der Waals surface area (Å²) in [4.78, 5) is 28.8. The Balaban J connectivity index is 2.77. The smallest absolute Gasteiger partial charge is 0.345 e. The highest BCUT2D eigenvalue weighted by atomic mass is 35.5. The van der Waals surface area contributed by atoms with Gasteiger partial charge in [0.1, 0.15) is 5.56 Å². The van der Waals surface area contributed by atoms with Gasteiger partial charge in [-0.1, -0.05) is 35.5 Å². The molecule has 0 aliphatic heterocycles. The van der Waals surface area contributed by atoms with Gasteiger partial charge in [-0.3, -0.25) is 9.36 Å². The summed E-state index contributed by atoms with van der Waals surface area (Å²) >= 11 is 7.54. The fourth-order valence-corrected chi connectivity index (χ4v) is 2.86. The number of aryl methyl sites for hydroxylation is 1. The first-order valence-electron chi connectivity index (χ1n) is 6.59. The number of hydrogen-bond donors (Lipinski definition) is 0. The van der Waals surface area contributed by atoms with Gasteiger partial charge < -0.3 is 4.74 Å². The molecular weight excluding hydrogens is 324 g/mol. The van der Waals surface area contributed by atoms with Gasteiger partial charge in [0.15, 0.2) is 5.16 Å². The van der Waals surface area contributed by atoms with Crippen molar-refractivity contribution in [2.45, 2.75) is 19.0 Å². The number of carbonyl (C=O) groups excluding carboxylic acids is 1. The quantitative estimate of drug-likeness (QED) is 0.487. The molecule has 1 heterocycles. The summed E-state index contributed by atoms with van der Waals surface area (Å²) in [5.74, 6) is -0.689. The maximum Gasteiger partial charge on any atom is 0.345 e. The zero-order valence-corrected chi connectivity index (χ0v) is 14.0. The van der Waals surface area contributed by atoms with Crippen LogP contribution in [0.5, 0.6) is 0 Å². The van der Waals surface area contributed by atoms with Crippen molar-refractivity contribution in [3.05, 3.63) is 50.9 Å². The molecule has 1 aromatic heterocycles. The van der Waals surface area contributed by atoms with Gasteiger partial charge in [0, 0.05) is 0 Å². The molecule has 0 atom stereocenters. The van der Waals surface area contributed by atoms with E-state index in [1.54, 1.807) is 25.3 Å². The van der Waals surface area contributed by atoms with Crippen molar-refractivity contribution in [2.75, 3.05) is 12.9 Å². The van der Waals surface area contributed by atoms with Gasteiger partial charge in [-0.05, 0) is 31.7 Å². The average molecular weight is 339 g/mol. The largest absolute Gasteiger partial charge is 0.462 e. The first kappa shape index (κ1) is 16.6. The van der Waals surface area contributed by atoms with Crippen LogP contribution in [0.1, 0.15) is 22.8 Å². The molecule has 0 N–H and O–H groups in total. The minimum atomic E-state index is -0.689. The number of aromatic nitrogens is 2. The number of ether oxygens (including phenoxy) is 1. The van der Waals surface area contributed by atoms with E-state index in [0.29, 0.717) is 15.9 Å². The SMILES string of the molecule is CCOC(=O)c1cnc(SC)n(-c2c(C)cccc2Cl)c1=O. The average Bonchev–Trinajstić information content (AvgIpc) is 2.48. The summed E-state index contributed by atoms with van der Waals surface area (Å²) in [6.07, 6.45) is 3.04. The lowest BCUT2D eigenvalue weighted by atomic mass is 10.2. The van der Waals surface area contributed by atoms with Gasteiger partial charge in [0.2, 0.25) is 0 Å². The molecule has 2 aromatic rings. The van der Waals surface area contributed by atoms with Gasteiger partial charge in [-0.15, -0.1) is 0 Å². The predicted octanol–water partition coefficient (Wildman–Crippen LogP) is 3.09. The van der Waals surface area contributed by atoms with Gasteiger partial charge in [0.05, 0.1) is 23.5 Å². The Labute approximate surface area is 137 Å². The lowest BCUT2D eigenvalue weighted by molar-refractivity contribution is 0.0523. The molecule has 116 valence electrons. The number of carbonyl (C=O) groups is 1. The Bertz CT molecular complexity index is 754. The van der Waals surface area contributed by atoms with E-state index >= 15 is 0 Å². The number of esters is 1. The van der Waals surface area contributed by atoms with Gasteiger partial charge >= 0.3 is 5.97 Å². The second-order valence-corrected chi connectivity index (χ2v) is 5.61. The van der Waals surface area contributed by atoms with E-state index in [2.05, 4.69) is 4.98 Å². The zero-order valence-electron chi connectivity index (χ0n) is 12.4. The Morgan fingerprint density at radius 3 is 2.77 bits per heavy atom. The number of thioether (sulfide) groups is 1. The molecular formula is C15H15ClN2O3S. The first-order valence-corrected chi connectivity index (χ1v) is 8.20. The van der Waals surface area contributed by atoms with E-state index in [4.69, 9.17) is 16.3 Å². The van der Waals surface area contributed by atoms with Gasteiger partial charge in [-0.2, -0.15) is 0 Å². The molecule has 7 heteroatoms. The van der Waals surface area contributed by atoms with E-state index < -0.39 is 11.5 Å². The maximum atomic E-state index is 12.7. The monoisotopic (exact) mass is 338 g/mol. The summed E-state index contributed by atoms with van der Waals surface area (Å²) in [7, 11) is 0. The summed E-state index contributed by atoms with van der Waals surface area (Å²) < 4.78 is 6.26. The van der Waals surface area contributed by atoms with Crippen molar-refractivity contribution >= 4 is 29.3 Å². The molecule has 0 fully saturated rings. The molecule has 0 amide bonds. The summed E-state index contributed by atoms with van der Waals surface area (Å²) in [6, 6.07) is 5.33. The molecule has 2 rings (SSSR count). The zero-order chi connectivity index (χ0) is 16.3. The third-order valence-electron chi connectivity index (χ3n) is 3.02. The molecule has 1 aromatic carbocycles.